The molecule has 1 aliphatic heterocycles. The van der Waals surface area contributed by atoms with E-state index < -0.39 is 0 Å². The van der Waals surface area contributed by atoms with Crippen LogP contribution >= 0.6 is 0 Å². The van der Waals surface area contributed by atoms with E-state index in [1.165, 1.54) is 0 Å². The lowest BCUT2D eigenvalue weighted by molar-refractivity contribution is -0.130. The number of carbonyl (C=O) groups is 2. The lowest BCUT2D eigenvalue weighted by Crippen LogP contribution is -2.37. The van der Waals surface area contributed by atoms with Gasteiger partial charge in [0.1, 0.15) is 11.5 Å². The second kappa shape index (κ2) is 6.57. The van der Waals surface area contributed by atoms with E-state index in [4.69, 9.17) is 4.74 Å². The molecule has 1 saturated heterocycles. The van der Waals surface area contributed by atoms with E-state index in [1.807, 2.05) is 32.1 Å². The second-order valence-electron chi connectivity index (χ2n) is 5.37. The summed E-state index contributed by atoms with van der Waals surface area (Å²) >= 11 is 0. The van der Waals surface area contributed by atoms with Crippen LogP contribution in [0.4, 0.5) is 0 Å². The Kier molecular flexibility index (Phi) is 4.78. The van der Waals surface area contributed by atoms with E-state index in [9.17, 15) is 9.59 Å². The summed E-state index contributed by atoms with van der Waals surface area (Å²) in [5.41, 5.74) is 3.19. The van der Waals surface area contributed by atoms with Crippen molar-refractivity contribution in [2.24, 2.45) is 0 Å². The minimum absolute atomic E-state index is 0.0304. The average Bonchev–Trinajstić information content (AvgIpc) is 2.46. The van der Waals surface area contributed by atoms with Crippen LogP contribution in [-0.4, -0.2) is 36.8 Å². The molecular formula is C17H21NO3. The monoisotopic (exact) mass is 287 g/mol. The van der Waals surface area contributed by atoms with Gasteiger partial charge in [-0.3, -0.25) is 9.59 Å². The van der Waals surface area contributed by atoms with Crippen LogP contribution < -0.4 is 4.74 Å². The molecule has 0 atom stereocenters. The zero-order valence-electron chi connectivity index (χ0n) is 12.8. The minimum Gasteiger partial charge on any atom is -0.497 e. The van der Waals surface area contributed by atoms with Gasteiger partial charge < -0.3 is 9.64 Å². The molecule has 1 fully saturated rings. The van der Waals surface area contributed by atoms with Crippen LogP contribution in [0.5, 0.6) is 5.75 Å². The molecule has 1 heterocycles. The molecule has 0 radical (unpaired) electrons. The summed E-state index contributed by atoms with van der Waals surface area (Å²) in [5, 5.41) is 0. The van der Waals surface area contributed by atoms with Crippen molar-refractivity contribution in [1.82, 2.24) is 4.90 Å². The first-order chi connectivity index (χ1) is 10.0. The normalized spacial score (nSPS) is 15.6. The third-order valence-electron chi connectivity index (χ3n) is 3.83. The van der Waals surface area contributed by atoms with Crippen molar-refractivity contribution < 1.29 is 14.3 Å². The highest BCUT2D eigenvalue weighted by atomic mass is 16.5. The molecule has 112 valence electrons. The summed E-state index contributed by atoms with van der Waals surface area (Å²) in [6, 6.07) is 3.91. The van der Waals surface area contributed by atoms with Crippen LogP contribution in [-0.2, 0) is 9.59 Å². The smallest absolute Gasteiger partial charge is 0.246 e. The van der Waals surface area contributed by atoms with Crippen LogP contribution in [0.15, 0.2) is 18.2 Å². The molecule has 21 heavy (non-hydrogen) atoms. The number of aryl methyl sites for hydroxylation is 2. The third-order valence-corrected chi connectivity index (χ3v) is 3.83. The van der Waals surface area contributed by atoms with Gasteiger partial charge in [-0.25, -0.2) is 0 Å². The molecule has 0 aliphatic carbocycles. The van der Waals surface area contributed by atoms with Crippen molar-refractivity contribution in [2.75, 3.05) is 20.2 Å². The summed E-state index contributed by atoms with van der Waals surface area (Å²) in [7, 11) is 1.64. The maximum absolute atomic E-state index is 12.1. The van der Waals surface area contributed by atoms with Crippen molar-refractivity contribution in [3.8, 4) is 5.75 Å². The first-order valence-corrected chi connectivity index (χ1v) is 7.15. The Morgan fingerprint density at radius 3 is 2.29 bits per heavy atom. The zero-order chi connectivity index (χ0) is 15.4. The fourth-order valence-corrected chi connectivity index (χ4v) is 2.55. The number of carbonyl (C=O) groups excluding carboxylic acids is 2. The molecule has 2 rings (SSSR count). The van der Waals surface area contributed by atoms with E-state index in [0.29, 0.717) is 25.9 Å². The summed E-state index contributed by atoms with van der Waals surface area (Å²) < 4.78 is 5.23. The molecular weight excluding hydrogens is 266 g/mol. The zero-order valence-corrected chi connectivity index (χ0v) is 12.8. The van der Waals surface area contributed by atoms with Crippen LogP contribution in [0, 0.1) is 13.8 Å². The van der Waals surface area contributed by atoms with Crippen LogP contribution in [0.3, 0.4) is 0 Å². The number of piperidine rings is 1. The summed E-state index contributed by atoms with van der Waals surface area (Å²) in [5.74, 6) is 1.03. The highest BCUT2D eigenvalue weighted by Crippen LogP contribution is 2.22. The van der Waals surface area contributed by atoms with E-state index in [1.54, 1.807) is 18.1 Å². The number of ketones is 1. The number of nitrogens with zero attached hydrogens (tertiary/aromatic N) is 1. The molecule has 0 unspecified atom stereocenters. The van der Waals surface area contributed by atoms with Crippen molar-refractivity contribution in [1.29, 1.82) is 0 Å². The molecule has 1 amide bonds. The largest absolute Gasteiger partial charge is 0.497 e. The van der Waals surface area contributed by atoms with E-state index in [-0.39, 0.29) is 11.7 Å². The van der Waals surface area contributed by atoms with E-state index in [2.05, 4.69) is 0 Å². The highest BCUT2D eigenvalue weighted by Gasteiger charge is 2.18. The van der Waals surface area contributed by atoms with Gasteiger partial charge in [-0.15, -0.1) is 0 Å². The van der Waals surface area contributed by atoms with Crippen LogP contribution in [0.2, 0.25) is 0 Å². The lowest BCUT2D eigenvalue weighted by atomic mass is 10.0. The SMILES string of the molecule is COc1cc(C)c(/C=C/C(=O)N2CCC(=O)CC2)c(C)c1. The van der Waals surface area contributed by atoms with Gasteiger partial charge in [0.25, 0.3) is 0 Å². The van der Waals surface area contributed by atoms with Gasteiger partial charge in [0.05, 0.1) is 7.11 Å². The number of methoxy groups -OCH3 is 1. The topological polar surface area (TPSA) is 46.6 Å². The van der Waals surface area contributed by atoms with Gasteiger partial charge in [0.2, 0.25) is 5.91 Å². The Morgan fingerprint density at radius 2 is 1.76 bits per heavy atom. The van der Waals surface area contributed by atoms with Gasteiger partial charge in [-0.2, -0.15) is 0 Å². The number of amides is 1. The van der Waals surface area contributed by atoms with Gasteiger partial charge in [0, 0.05) is 32.0 Å². The number of hydrogen-bond donors (Lipinski definition) is 0. The van der Waals surface area contributed by atoms with Crippen molar-refractivity contribution >= 4 is 17.8 Å². The predicted molar refractivity (Wildman–Crippen MR) is 82.3 cm³/mol. The fourth-order valence-electron chi connectivity index (χ4n) is 2.55. The molecule has 0 N–H and O–H groups in total. The molecule has 0 bridgehead atoms. The molecule has 1 aromatic rings. The van der Waals surface area contributed by atoms with Crippen LogP contribution in [0.25, 0.3) is 6.08 Å². The molecule has 4 heteroatoms. The van der Waals surface area contributed by atoms with Gasteiger partial charge >= 0.3 is 0 Å². The number of ether oxygens (including phenoxy) is 1. The summed E-state index contributed by atoms with van der Waals surface area (Å²) in [6.45, 7) is 5.06. The first kappa shape index (κ1) is 15.3. The standard InChI is InChI=1S/C17H21NO3/c1-12-10-15(21-3)11-13(2)16(12)4-5-17(20)18-8-6-14(19)7-9-18/h4-5,10-11H,6-9H2,1-3H3/b5-4+. The Balaban J connectivity index is 2.10. The van der Waals surface area contributed by atoms with Gasteiger partial charge in [-0.05, 0) is 48.7 Å². The summed E-state index contributed by atoms with van der Waals surface area (Å²) in [4.78, 5) is 25.0. The van der Waals surface area contributed by atoms with E-state index in [0.717, 1.165) is 22.4 Å². The molecule has 0 saturated carbocycles. The van der Waals surface area contributed by atoms with Gasteiger partial charge in [-0.1, -0.05) is 0 Å². The predicted octanol–water partition coefficient (Wildman–Crippen LogP) is 2.52. The molecule has 1 aromatic carbocycles. The number of likely N-dealkylation sites (tertiary alicyclic amines) is 1. The van der Waals surface area contributed by atoms with Crippen molar-refractivity contribution in [3.05, 3.63) is 34.9 Å². The maximum Gasteiger partial charge on any atom is 0.246 e. The number of hydrogen-bond acceptors (Lipinski definition) is 3. The van der Waals surface area contributed by atoms with Crippen molar-refractivity contribution in [3.63, 3.8) is 0 Å². The Hall–Kier alpha value is -2.10. The lowest BCUT2D eigenvalue weighted by Gasteiger charge is -2.24. The maximum atomic E-state index is 12.1. The number of benzene rings is 1. The molecule has 4 nitrogen and oxygen atoms in total. The molecule has 1 aliphatic rings. The number of rotatable bonds is 3. The first-order valence-electron chi connectivity index (χ1n) is 7.15. The molecule has 0 spiro atoms. The second-order valence-corrected chi connectivity index (χ2v) is 5.37. The van der Waals surface area contributed by atoms with Crippen LogP contribution in [0.1, 0.15) is 29.5 Å². The number of Topliss-reactive ketones (excluding diaryl/α,β-unsaturated/α-hetero) is 1. The highest BCUT2D eigenvalue weighted by molar-refractivity contribution is 5.93. The molecule has 0 aromatic heterocycles. The average molecular weight is 287 g/mol. The summed E-state index contributed by atoms with van der Waals surface area (Å²) in [6.07, 6.45) is 4.39. The quantitative estimate of drug-likeness (QED) is 0.803. The third kappa shape index (κ3) is 3.72. The Morgan fingerprint density at radius 1 is 1.19 bits per heavy atom. The van der Waals surface area contributed by atoms with Crippen molar-refractivity contribution in [2.45, 2.75) is 26.7 Å². The Labute approximate surface area is 125 Å². The van der Waals surface area contributed by atoms with E-state index >= 15 is 0 Å². The Bertz CT molecular complexity index is 557. The van der Waals surface area contributed by atoms with Gasteiger partial charge in [0.15, 0.2) is 0 Å². The fraction of sp³-hybridized carbons (Fsp3) is 0.412. The minimum atomic E-state index is -0.0304.